The maximum absolute atomic E-state index is 5.88. The highest BCUT2D eigenvalue weighted by Gasteiger charge is 2.32. The summed E-state index contributed by atoms with van der Waals surface area (Å²) >= 11 is 1.92. The minimum absolute atomic E-state index is 0.300. The van der Waals surface area contributed by atoms with Crippen LogP contribution in [0.15, 0.2) is 18.5 Å². The molecule has 2 rings (SSSR count). The number of aromatic nitrogens is 2. The fourth-order valence-electron chi connectivity index (χ4n) is 2.22. The third-order valence-corrected chi connectivity index (χ3v) is 5.00. The molecule has 94 valence electrons. The molecule has 1 aliphatic rings. The van der Waals surface area contributed by atoms with Crippen LogP contribution in [-0.4, -0.2) is 45.5 Å². The topological polar surface area (TPSA) is 55.0 Å². The van der Waals surface area contributed by atoms with Gasteiger partial charge in [-0.1, -0.05) is 0 Å². The predicted octanol–water partition coefficient (Wildman–Crippen LogP) is 1.13. The number of thioether (sulfide) groups is 1. The van der Waals surface area contributed by atoms with Crippen LogP contribution in [0.2, 0.25) is 0 Å². The van der Waals surface area contributed by atoms with Crippen LogP contribution in [0, 0.1) is 0 Å². The molecule has 2 heterocycles. The lowest BCUT2D eigenvalue weighted by molar-refractivity contribution is 0.191. The molecule has 0 amide bonds. The van der Waals surface area contributed by atoms with E-state index in [0.717, 1.165) is 44.8 Å². The Hall–Kier alpha value is -0.650. The van der Waals surface area contributed by atoms with E-state index in [1.54, 1.807) is 12.4 Å². The summed E-state index contributed by atoms with van der Waals surface area (Å²) in [5.74, 6) is 0.914. The third kappa shape index (κ3) is 3.18. The zero-order chi connectivity index (χ0) is 12.1. The van der Waals surface area contributed by atoms with Crippen molar-refractivity contribution in [1.29, 1.82) is 0 Å². The molecular weight excluding hydrogens is 232 g/mol. The van der Waals surface area contributed by atoms with Crippen molar-refractivity contribution < 1.29 is 0 Å². The lowest BCUT2D eigenvalue weighted by Crippen LogP contribution is -2.46. The molecule has 1 aromatic heterocycles. The number of piperidine rings is 1. The van der Waals surface area contributed by atoms with Crippen LogP contribution in [0.3, 0.4) is 0 Å². The van der Waals surface area contributed by atoms with E-state index in [-0.39, 0.29) is 0 Å². The second kappa shape index (κ2) is 5.80. The average molecular weight is 252 g/mol. The minimum atomic E-state index is 0.300. The molecule has 0 bridgehead atoms. The molecule has 1 aromatic rings. The third-order valence-electron chi connectivity index (χ3n) is 3.56. The van der Waals surface area contributed by atoms with E-state index in [2.05, 4.69) is 21.1 Å². The van der Waals surface area contributed by atoms with Gasteiger partial charge in [0.2, 0.25) is 0 Å². The van der Waals surface area contributed by atoms with Gasteiger partial charge in [0.1, 0.15) is 5.82 Å². The minimum Gasteiger partial charge on any atom is -0.329 e. The van der Waals surface area contributed by atoms with Gasteiger partial charge < -0.3 is 5.73 Å². The zero-order valence-corrected chi connectivity index (χ0v) is 11.1. The van der Waals surface area contributed by atoms with Crippen molar-refractivity contribution >= 4 is 11.8 Å². The Morgan fingerprint density at radius 1 is 1.35 bits per heavy atom. The van der Waals surface area contributed by atoms with Crippen molar-refractivity contribution in [2.75, 3.05) is 25.9 Å². The molecule has 1 saturated heterocycles. The summed E-state index contributed by atoms with van der Waals surface area (Å²) in [5.41, 5.74) is 5.88. The molecule has 0 unspecified atom stereocenters. The molecule has 0 atom stereocenters. The number of hydrogen-bond donors (Lipinski definition) is 1. The van der Waals surface area contributed by atoms with E-state index in [1.165, 1.54) is 0 Å². The number of likely N-dealkylation sites (tertiary alicyclic amines) is 1. The van der Waals surface area contributed by atoms with Crippen LogP contribution in [0.1, 0.15) is 18.7 Å². The molecule has 2 N–H and O–H groups in total. The Balaban J connectivity index is 1.87. The van der Waals surface area contributed by atoms with Crippen LogP contribution < -0.4 is 5.73 Å². The van der Waals surface area contributed by atoms with Gasteiger partial charge in [-0.05, 0) is 38.3 Å². The first-order valence-electron chi connectivity index (χ1n) is 6.01. The molecule has 0 saturated carbocycles. The molecule has 1 aliphatic heterocycles. The van der Waals surface area contributed by atoms with E-state index in [4.69, 9.17) is 5.73 Å². The molecule has 0 aromatic carbocycles. The van der Waals surface area contributed by atoms with E-state index in [1.807, 2.05) is 17.8 Å². The summed E-state index contributed by atoms with van der Waals surface area (Å²) in [6.07, 6.45) is 8.11. The predicted molar refractivity (Wildman–Crippen MR) is 71.8 cm³/mol. The molecule has 4 nitrogen and oxygen atoms in total. The maximum atomic E-state index is 5.88. The standard InChI is InChI=1S/C12H20N4S/c1-17-12(10-13)3-7-16(8-4-12)9-11-14-5-2-6-15-11/h2,5-6H,3-4,7-10,13H2,1H3. The van der Waals surface area contributed by atoms with Crippen molar-refractivity contribution in [1.82, 2.24) is 14.9 Å². The SMILES string of the molecule is CSC1(CN)CCN(Cc2ncccn2)CC1. The molecule has 17 heavy (non-hydrogen) atoms. The van der Waals surface area contributed by atoms with Crippen molar-refractivity contribution in [3.8, 4) is 0 Å². The molecule has 0 aliphatic carbocycles. The fourth-order valence-corrected chi connectivity index (χ4v) is 2.98. The summed E-state index contributed by atoms with van der Waals surface area (Å²) in [5, 5.41) is 0. The van der Waals surface area contributed by atoms with Crippen LogP contribution >= 0.6 is 11.8 Å². The van der Waals surface area contributed by atoms with Gasteiger partial charge in [0.05, 0.1) is 6.54 Å². The lowest BCUT2D eigenvalue weighted by atomic mass is 9.96. The highest BCUT2D eigenvalue weighted by Crippen LogP contribution is 2.33. The van der Waals surface area contributed by atoms with Crippen LogP contribution in [0.5, 0.6) is 0 Å². The Morgan fingerprint density at radius 2 is 2.00 bits per heavy atom. The average Bonchev–Trinajstić information content (AvgIpc) is 2.41. The molecular formula is C12H20N4S. The van der Waals surface area contributed by atoms with Gasteiger partial charge in [0.25, 0.3) is 0 Å². The Kier molecular flexibility index (Phi) is 4.36. The number of hydrogen-bond acceptors (Lipinski definition) is 5. The summed E-state index contributed by atoms with van der Waals surface area (Å²) in [6.45, 7) is 3.83. The highest BCUT2D eigenvalue weighted by molar-refractivity contribution is 8.00. The van der Waals surface area contributed by atoms with E-state index >= 15 is 0 Å². The lowest BCUT2D eigenvalue weighted by Gasteiger charge is -2.39. The van der Waals surface area contributed by atoms with E-state index in [0.29, 0.717) is 4.75 Å². The van der Waals surface area contributed by atoms with Gasteiger partial charge in [-0.25, -0.2) is 9.97 Å². The molecule has 1 fully saturated rings. The first kappa shape index (κ1) is 12.8. The molecule has 5 heteroatoms. The van der Waals surface area contributed by atoms with Gasteiger partial charge in [-0.15, -0.1) is 0 Å². The van der Waals surface area contributed by atoms with Gasteiger partial charge in [0.15, 0.2) is 0 Å². The molecule has 0 radical (unpaired) electrons. The second-order valence-electron chi connectivity index (χ2n) is 4.53. The van der Waals surface area contributed by atoms with Gasteiger partial charge >= 0.3 is 0 Å². The summed E-state index contributed by atoms with van der Waals surface area (Å²) in [6, 6.07) is 1.85. The highest BCUT2D eigenvalue weighted by atomic mass is 32.2. The largest absolute Gasteiger partial charge is 0.329 e. The van der Waals surface area contributed by atoms with Crippen LogP contribution in [0.25, 0.3) is 0 Å². The van der Waals surface area contributed by atoms with E-state index < -0.39 is 0 Å². The van der Waals surface area contributed by atoms with Gasteiger partial charge in [-0.2, -0.15) is 11.8 Å². The zero-order valence-electron chi connectivity index (χ0n) is 10.3. The summed E-state index contributed by atoms with van der Waals surface area (Å²) in [7, 11) is 0. The Bertz CT molecular complexity index is 330. The fraction of sp³-hybridized carbons (Fsp3) is 0.667. The van der Waals surface area contributed by atoms with Crippen LogP contribution in [0.4, 0.5) is 0 Å². The quantitative estimate of drug-likeness (QED) is 0.870. The number of nitrogens with zero attached hydrogens (tertiary/aromatic N) is 3. The van der Waals surface area contributed by atoms with Gasteiger partial charge in [-0.3, -0.25) is 4.90 Å². The smallest absolute Gasteiger partial charge is 0.142 e. The first-order valence-corrected chi connectivity index (χ1v) is 7.24. The normalized spacial score (nSPS) is 20.4. The van der Waals surface area contributed by atoms with Crippen molar-refractivity contribution in [2.24, 2.45) is 5.73 Å². The summed E-state index contributed by atoms with van der Waals surface area (Å²) < 4.78 is 0.300. The second-order valence-corrected chi connectivity index (χ2v) is 5.81. The summed E-state index contributed by atoms with van der Waals surface area (Å²) in [4.78, 5) is 10.9. The Morgan fingerprint density at radius 3 is 2.53 bits per heavy atom. The van der Waals surface area contributed by atoms with Gasteiger partial charge in [0, 0.05) is 23.7 Å². The first-order chi connectivity index (χ1) is 8.28. The monoisotopic (exact) mass is 252 g/mol. The number of nitrogens with two attached hydrogens (primary N) is 1. The van der Waals surface area contributed by atoms with Crippen molar-refractivity contribution in [3.05, 3.63) is 24.3 Å². The maximum Gasteiger partial charge on any atom is 0.142 e. The number of rotatable bonds is 4. The van der Waals surface area contributed by atoms with Crippen LogP contribution in [-0.2, 0) is 6.54 Å². The van der Waals surface area contributed by atoms with Crippen molar-refractivity contribution in [3.63, 3.8) is 0 Å². The van der Waals surface area contributed by atoms with E-state index in [9.17, 15) is 0 Å². The molecule has 0 spiro atoms. The van der Waals surface area contributed by atoms with Crippen molar-refractivity contribution in [2.45, 2.75) is 24.1 Å². The Labute approximate surface area is 107 Å².